The molecule has 0 unspecified atom stereocenters. The Morgan fingerprint density at radius 3 is 2.47 bits per heavy atom. The van der Waals surface area contributed by atoms with Crippen LogP contribution in [0.3, 0.4) is 0 Å². The quantitative estimate of drug-likeness (QED) is 0.573. The van der Waals surface area contributed by atoms with Gasteiger partial charge in [-0.05, 0) is 24.3 Å². The van der Waals surface area contributed by atoms with Crippen molar-refractivity contribution in [2.24, 2.45) is 5.10 Å². The van der Waals surface area contributed by atoms with E-state index >= 15 is 0 Å². The normalized spacial score (nSPS) is 11.4. The summed E-state index contributed by atoms with van der Waals surface area (Å²) >= 11 is 0. The Morgan fingerprint density at radius 2 is 2.00 bits per heavy atom. The average molecular weight is 258 g/mol. The summed E-state index contributed by atoms with van der Waals surface area (Å²) in [6, 6.07) is 5.57. The number of carbonyl (C=O) groups is 1. The standard InChI is InChI=1S/C9H10N2O5S/c1-16-7-2-4-8(5-3-7)17(14,15)11-10-6-9(12)13/h2-6,11H,1H3,(H,12,13)/b10-6-. The molecule has 0 saturated heterocycles. The van der Waals surface area contributed by atoms with Crippen molar-refractivity contribution in [1.29, 1.82) is 0 Å². The number of carboxylic acids is 1. The minimum atomic E-state index is -3.85. The SMILES string of the molecule is COc1ccc(S(=O)(=O)N/N=C\C(=O)O)cc1. The summed E-state index contributed by atoms with van der Waals surface area (Å²) in [5, 5.41) is 11.3. The van der Waals surface area contributed by atoms with Crippen LogP contribution in [0.1, 0.15) is 0 Å². The highest BCUT2D eigenvalue weighted by Gasteiger charge is 2.12. The summed E-state index contributed by atoms with van der Waals surface area (Å²) < 4.78 is 28.0. The molecule has 7 nitrogen and oxygen atoms in total. The van der Waals surface area contributed by atoms with E-state index in [1.165, 1.54) is 31.4 Å². The Morgan fingerprint density at radius 1 is 1.41 bits per heavy atom. The Hall–Kier alpha value is -2.09. The van der Waals surface area contributed by atoms with E-state index in [1.54, 1.807) is 4.83 Å². The summed E-state index contributed by atoms with van der Waals surface area (Å²) in [6.45, 7) is 0. The van der Waals surface area contributed by atoms with Gasteiger partial charge in [0.15, 0.2) is 0 Å². The minimum Gasteiger partial charge on any atom is -0.497 e. The predicted molar refractivity (Wildman–Crippen MR) is 59.4 cm³/mol. The van der Waals surface area contributed by atoms with Gasteiger partial charge in [0, 0.05) is 0 Å². The number of hydrogen-bond acceptors (Lipinski definition) is 5. The van der Waals surface area contributed by atoms with Crippen LogP contribution < -0.4 is 9.57 Å². The molecule has 1 rings (SSSR count). The third-order valence-corrected chi connectivity index (χ3v) is 2.96. The number of nitrogens with zero attached hydrogens (tertiary/aromatic N) is 1. The monoisotopic (exact) mass is 258 g/mol. The number of hydrogen-bond donors (Lipinski definition) is 2. The number of methoxy groups -OCH3 is 1. The molecule has 17 heavy (non-hydrogen) atoms. The molecule has 0 aliphatic rings. The van der Waals surface area contributed by atoms with Gasteiger partial charge in [0.05, 0.1) is 12.0 Å². The first kappa shape index (κ1) is 13.0. The van der Waals surface area contributed by atoms with E-state index in [2.05, 4.69) is 5.10 Å². The topological polar surface area (TPSA) is 105 Å². The predicted octanol–water partition coefficient (Wildman–Crippen LogP) is 0.0439. The second-order valence-electron chi connectivity index (χ2n) is 2.87. The molecule has 0 bridgehead atoms. The second-order valence-corrected chi connectivity index (χ2v) is 4.53. The second kappa shape index (κ2) is 5.30. The van der Waals surface area contributed by atoms with Crippen molar-refractivity contribution >= 4 is 22.2 Å². The summed E-state index contributed by atoms with van der Waals surface area (Å²) in [6.07, 6.45) is 0.446. The van der Waals surface area contributed by atoms with E-state index in [9.17, 15) is 13.2 Å². The fourth-order valence-electron chi connectivity index (χ4n) is 0.959. The van der Waals surface area contributed by atoms with E-state index < -0.39 is 16.0 Å². The molecule has 0 spiro atoms. The van der Waals surface area contributed by atoms with Crippen molar-refractivity contribution in [1.82, 2.24) is 4.83 Å². The van der Waals surface area contributed by atoms with Gasteiger partial charge in [-0.3, -0.25) is 0 Å². The summed E-state index contributed by atoms with van der Waals surface area (Å²) in [5.74, 6) is -0.833. The van der Waals surface area contributed by atoms with Crippen LogP contribution in [0, 0.1) is 0 Å². The first-order valence-electron chi connectivity index (χ1n) is 4.37. The van der Waals surface area contributed by atoms with Crippen LogP contribution in [0.15, 0.2) is 34.3 Å². The molecular weight excluding hydrogens is 248 g/mol. The Bertz CT molecular complexity index is 521. The van der Waals surface area contributed by atoms with Crippen molar-refractivity contribution in [2.75, 3.05) is 7.11 Å². The number of carboxylic acid groups (broad SMARTS) is 1. The largest absolute Gasteiger partial charge is 0.497 e. The van der Waals surface area contributed by atoms with Crippen molar-refractivity contribution in [2.45, 2.75) is 4.90 Å². The zero-order chi connectivity index (χ0) is 12.9. The average Bonchev–Trinajstić information content (AvgIpc) is 2.28. The number of hydrazone groups is 1. The number of benzene rings is 1. The van der Waals surface area contributed by atoms with Gasteiger partial charge in [-0.15, -0.1) is 0 Å². The highest BCUT2D eigenvalue weighted by molar-refractivity contribution is 7.89. The molecule has 0 heterocycles. The van der Waals surface area contributed by atoms with Crippen LogP contribution in [-0.2, 0) is 14.8 Å². The van der Waals surface area contributed by atoms with Crippen molar-refractivity contribution in [3.05, 3.63) is 24.3 Å². The molecule has 0 aliphatic heterocycles. The molecule has 0 saturated carbocycles. The number of ether oxygens (including phenoxy) is 1. The van der Waals surface area contributed by atoms with Crippen LogP contribution in [0.25, 0.3) is 0 Å². The fourth-order valence-corrected chi connectivity index (χ4v) is 1.75. The van der Waals surface area contributed by atoms with Gasteiger partial charge >= 0.3 is 5.97 Å². The molecule has 8 heteroatoms. The Kier molecular flexibility index (Phi) is 4.05. The molecule has 92 valence electrons. The van der Waals surface area contributed by atoms with E-state index in [1.807, 2.05) is 0 Å². The van der Waals surface area contributed by atoms with E-state index in [4.69, 9.17) is 9.84 Å². The molecule has 0 amide bonds. The fraction of sp³-hybridized carbons (Fsp3) is 0.111. The lowest BCUT2D eigenvalue weighted by molar-refractivity contribution is -0.128. The van der Waals surface area contributed by atoms with Gasteiger partial charge < -0.3 is 9.84 Å². The Labute approximate surface area is 97.8 Å². The first-order valence-corrected chi connectivity index (χ1v) is 5.86. The molecule has 1 aromatic carbocycles. The van der Waals surface area contributed by atoms with Crippen molar-refractivity contribution < 1.29 is 23.1 Å². The van der Waals surface area contributed by atoms with E-state index in [-0.39, 0.29) is 4.90 Å². The van der Waals surface area contributed by atoms with Crippen LogP contribution in [0.5, 0.6) is 5.75 Å². The summed E-state index contributed by atoms with van der Waals surface area (Å²) in [5.41, 5.74) is 0. The maximum absolute atomic E-state index is 11.6. The molecular formula is C9H10N2O5S. The van der Waals surface area contributed by atoms with Gasteiger partial charge in [0.2, 0.25) is 0 Å². The third kappa shape index (κ3) is 3.76. The lowest BCUT2D eigenvalue weighted by atomic mass is 10.3. The maximum atomic E-state index is 11.6. The first-order chi connectivity index (χ1) is 7.95. The minimum absolute atomic E-state index is 0.0409. The molecule has 0 aromatic heterocycles. The molecule has 0 atom stereocenters. The zero-order valence-electron chi connectivity index (χ0n) is 8.82. The number of sulfonamides is 1. The molecule has 0 aliphatic carbocycles. The maximum Gasteiger partial charge on any atom is 0.348 e. The van der Waals surface area contributed by atoms with Crippen molar-refractivity contribution in [3.8, 4) is 5.75 Å². The number of rotatable bonds is 5. The zero-order valence-corrected chi connectivity index (χ0v) is 9.64. The number of nitrogens with one attached hydrogen (secondary N) is 1. The molecule has 0 fully saturated rings. The van der Waals surface area contributed by atoms with Crippen LogP contribution in [-0.4, -0.2) is 32.8 Å². The van der Waals surface area contributed by atoms with Gasteiger partial charge in [0.1, 0.15) is 12.0 Å². The van der Waals surface area contributed by atoms with Crippen LogP contribution in [0.2, 0.25) is 0 Å². The molecule has 2 N–H and O–H groups in total. The highest BCUT2D eigenvalue weighted by Crippen LogP contribution is 2.14. The molecule has 0 radical (unpaired) electrons. The van der Waals surface area contributed by atoms with Crippen molar-refractivity contribution in [3.63, 3.8) is 0 Å². The van der Waals surface area contributed by atoms with E-state index in [0.717, 1.165) is 0 Å². The highest BCUT2D eigenvalue weighted by atomic mass is 32.2. The molecule has 1 aromatic rings. The van der Waals surface area contributed by atoms with Crippen LogP contribution >= 0.6 is 0 Å². The van der Waals surface area contributed by atoms with Gasteiger partial charge in [0.25, 0.3) is 10.0 Å². The lowest BCUT2D eigenvalue weighted by Gasteiger charge is -2.04. The van der Waals surface area contributed by atoms with Gasteiger partial charge in [-0.1, -0.05) is 0 Å². The number of aliphatic carboxylic acids is 1. The third-order valence-electron chi connectivity index (χ3n) is 1.72. The van der Waals surface area contributed by atoms with E-state index in [0.29, 0.717) is 12.0 Å². The smallest absolute Gasteiger partial charge is 0.348 e. The van der Waals surface area contributed by atoms with Gasteiger partial charge in [-0.2, -0.15) is 18.4 Å². The lowest BCUT2D eigenvalue weighted by Crippen LogP contribution is -2.19. The van der Waals surface area contributed by atoms with Crippen LogP contribution in [0.4, 0.5) is 0 Å². The summed E-state index contributed by atoms with van der Waals surface area (Å²) in [4.78, 5) is 11.8. The van der Waals surface area contributed by atoms with Gasteiger partial charge in [-0.25, -0.2) is 4.79 Å². The Balaban J connectivity index is 2.86. The summed E-state index contributed by atoms with van der Waals surface area (Å²) in [7, 11) is -2.39.